The molecule has 0 N–H and O–H groups in total. The molecule has 3 rings (SSSR count). The Labute approximate surface area is 148 Å². The smallest absolute Gasteiger partial charge is 0.180 e. The summed E-state index contributed by atoms with van der Waals surface area (Å²) in [6.07, 6.45) is 0. The van der Waals surface area contributed by atoms with Gasteiger partial charge in [0.25, 0.3) is 0 Å². The first kappa shape index (κ1) is 17.1. The van der Waals surface area contributed by atoms with E-state index in [-0.39, 0.29) is 5.75 Å². The lowest BCUT2D eigenvalue weighted by molar-refractivity contribution is 0.595. The fraction of sp³-hybridized carbons (Fsp3) is 0.333. The molecule has 2 aromatic carbocycles. The average molecular weight is 365 g/mol. The van der Waals surface area contributed by atoms with Crippen molar-refractivity contribution in [2.24, 2.45) is 0 Å². The molecule has 2 aromatic rings. The monoisotopic (exact) mass is 364 g/mol. The Kier molecular flexibility index (Phi) is 5.01. The number of anilines is 2. The van der Waals surface area contributed by atoms with Crippen molar-refractivity contribution in [2.75, 3.05) is 41.7 Å². The quantitative estimate of drug-likeness (QED) is 0.833. The Morgan fingerprint density at radius 3 is 1.96 bits per heavy atom. The fourth-order valence-corrected chi connectivity index (χ4v) is 4.40. The van der Waals surface area contributed by atoms with Gasteiger partial charge in [0.05, 0.1) is 27.0 Å². The summed E-state index contributed by atoms with van der Waals surface area (Å²) in [4.78, 5) is 4.82. The van der Waals surface area contributed by atoms with Crippen molar-refractivity contribution in [3.63, 3.8) is 0 Å². The predicted molar refractivity (Wildman–Crippen MR) is 100 cm³/mol. The molecule has 1 aliphatic rings. The highest BCUT2D eigenvalue weighted by atomic mass is 35.5. The third kappa shape index (κ3) is 3.37. The van der Waals surface area contributed by atoms with E-state index in [1.165, 1.54) is 0 Å². The van der Waals surface area contributed by atoms with Gasteiger partial charge in [-0.15, -0.1) is 0 Å². The van der Waals surface area contributed by atoms with Crippen LogP contribution in [-0.2, 0) is 9.84 Å². The Hall–Kier alpha value is -1.72. The van der Waals surface area contributed by atoms with Crippen LogP contribution in [0.2, 0.25) is 5.02 Å². The summed E-state index contributed by atoms with van der Waals surface area (Å²) in [6, 6.07) is 15.1. The van der Waals surface area contributed by atoms with Crippen LogP contribution >= 0.6 is 11.6 Å². The second kappa shape index (κ2) is 7.03. The Balaban J connectivity index is 1.80. The lowest BCUT2D eigenvalue weighted by atomic mass is 10.2. The first-order valence-corrected chi connectivity index (χ1v) is 10.1. The molecule has 4 nitrogen and oxygen atoms in total. The lowest BCUT2D eigenvalue weighted by Crippen LogP contribution is -2.47. The van der Waals surface area contributed by atoms with Crippen molar-refractivity contribution in [2.45, 2.75) is 11.8 Å². The van der Waals surface area contributed by atoms with Gasteiger partial charge in [0.1, 0.15) is 0 Å². The van der Waals surface area contributed by atoms with Crippen molar-refractivity contribution in [1.82, 2.24) is 0 Å². The molecule has 6 heteroatoms. The van der Waals surface area contributed by atoms with Gasteiger partial charge in [-0.1, -0.05) is 42.8 Å². The van der Waals surface area contributed by atoms with Crippen molar-refractivity contribution in [1.29, 1.82) is 0 Å². The summed E-state index contributed by atoms with van der Waals surface area (Å²) in [7, 11) is -3.23. The SMILES string of the molecule is CCS(=O)(=O)c1ccccc1N1CCN(c2ccccc2Cl)CC1. The summed E-state index contributed by atoms with van der Waals surface area (Å²) in [5.74, 6) is 0.115. The first-order chi connectivity index (χ1) is 11.5. The summed E-state index contributed by atoms with van der Waals surface area (Å²) < 4.78 is 24.7. The molecule has 0 saturated carbocycles. The second-order valence-electron chi connectivity index (χ2n) is 5.80. The van der Waals surface area contributed by atoms with Crippen LogP contribution in [0.15, 0.2) is 53.4 Å². The van der Waals surface area contributed by atoms with Crippen LogP contribution in [0.1, 0.15) is 6.92 Å². The maximum absolute atomic E-state index is 12.3. The van der Waals surface area contributed by atoms with E-state index in [4.69, 9.17) is 11.6 Å². The average Bonchev–Trinajstić information content (AvgIpc) is 2.62. The van der Waals surface area contributed by atoms with Crippen LogP contribution in [0.3, 0.4) is 0 Å². The minimum Gasteiger partial charge on any atom is -0.367 e. The van der Waals surface area contributed by atoms with Crippen molar-refractivity contribution in [3.05, 3.63) is 53.6 Å². The van der Waals surface area contributed by atoms with Gasteiger partial charge in [-0.3, -0.25) is 0 Å². The van der Waals surface area contributed by atoms with Gasteiger partial charge >= 0.3 is 0 Å². The number of hydrogen-bond donors (Lipinski definition) is 0. The van der Waals surface area contributed by atoms with Gasteiger partial charge in [0.2, 0.25) is 0 Å². The van der Waals surface area contributed by atoms with E-state index < -0.39 is 9.84 Å². The predicted octanol–water partition coefficient (Wildman–Crippen LogP) is 3.46. The van der Waals surface area contributed by atoms with Gasteiger partial charge in [0.15, 0.2) is 9.84 Å². The molecule has 0 bridgehead atoms. The van der Waals surface area contributed by atoms with Gasteiger partial charge in [-0.2, -0.15) is 0 Å². The highest BCUT2D eigenvalue weighted by Crippen LogP contribution is 2.30. The van der Waals surface area contributed by atoms with Crippen molar-refractivity contribution in [3.8, 4) is 0 Å². The molecule has 1 fully saturated rings. The van der Waals surface area contributed by atoms with Crippen molar-refractivity contribution >= 4 is 32.8 Å². The third-order valence-electron chi connectivity index (χ3n) is 4.39. The molecule has 0 aliphatic carbocycles. The van der Waals surface area contributed by atoms with Crippen LogP contribution in [0.5, 0.6) is 0 Å². The van der Waals surface area contributed by atoms with E-state index in [0.717, 1.165) is 42.6 Å². The first-order valence-electron chi connectivity index (χ1n) is 8.09. The molecule has 0 atom stereocenters. The number of benzene rings is 2. The van der Waals surface area contributed by atoms with E-state index >= 15 is 0 Å². The Bertz CT molecular complexity index is 815. The molecule has 0 aromatic heterocycles. The molecule has 0 amide bonds. The number of piperazine rings is 1. The largest absolute Gasteiger partial charge is 0.367 e. The zero-order chi connectivity index (χ0) is 17.2. The van der Waals surface area contributed by atoms with E-state index in [9.17, 15) is 8.42 Å². The number of nitrogens with zero attached hydrogens (tertiary/aromatic N) is 2. The summed E-state index contributed by atoms with van der Waals surface area (Å²) in [5.41, 5.74) is 1.84. The van der Waals surface area contributed by atoms with Gasteiger partial charge in [-0.05, 0) is 24.3 Å². The molecular formula is C18H21ClN2O2S. The van der Waals surface area contributed by atoms with E-state index in [1.807, 2.05) is 36.4 Å². The highest BCUT2D eigenvalue weighted by Gasteiger charge is 2.24. The minimum absolute atomic E-state index is 0.115. The van der Waals surface area contributed by atoms with Crippen LogP contribution in [-0.4, -0.2) is 40.3 Å². The lowest BCUT2D eigenvalue weighted by Gasteiger charge is -2.38. The molecular weight excluding hydrogens is 344 g/mol. The number of hydrogen-bond acceptors (Lipinski definition) is 4. The number of sulfone groups is 1. The molecule has 1 heterocycles. The third-order valence-corrected chi connectivity index (χ3v) is 6.49. The second-order valence-corrected chi connectivity index (χ2v) is 8.45. The zero-order valence-electron chi connectivity index (χ0n) is 13.7. The molecule has 1 aliphatic heterocycles. The summed E-state index contributed by atoms with van der Waals surface area (Å²) in [5, 5.41) is 0.750. The van der Waals surface area contributed by atoms with Crippen molar-refractivity contribution < 1.29 is 8.42 Å². The Morgan fingerprint density at radius 1 is 0.875 bits per heavy atom. The van der Waals surface area contributed by atoms with E-state index in [0.29, 0.717) is 4.90 Å². The summed E-state index contributed by atoms with van der Waals surface area (Å²) in [6.45, 7) is 4.83. The molecule has 128 valence electrons. The zero-order valence-corrected chi connectivity index (χ0v) is 15.2. The van der Waals surface area contributed by atoms with Gasteiger partial charge in [0, 0.05) is 26.2 Å². The maximum atomic E-state index is 12.3. The normalized spacial score (nSPS) is 15.6. The number of para-hydroxylation sites is 2. The molecule has 0 unspecified atom stereocenters. The van der Waals surface area contributed by atoms with Crippen LogP contribution in [0.4, 0.5) is 11.4 Å². The van der Waals surface area contributed by atoms with Crippen LogP contribution in [0, 0.1) is 0 Å². The van der Waals surface area contributed by atoms with Gasteiger partial charge < -0.3 is 9.80 Å². The standard InChI is InChI=1S/C18H21ClN2O2S/c1-2-24(22,23)18-10-6-5-9-17(18)21-13-11-20(12-14-21)16-8-4-3-7-15(16)19/h3-10H,2,11-14H2,1H3. The Morgan fingerprint density at radius 2 is 1.38 bits per heavy atom. The highest BCUT2D eigenvalue weighted by molar-refractivity contribution is 7.91. The number of rotatable bonds is 4. The molecule has 0 radical (unpaired) electrons. The number of halogens is 1. The van der Waals surface area contributed by atoms with Crippen LogP contribution < -0.4 is 9.80 Å². The summed E-state index contributed by atoms with van der Waals surface area (Å²) >= 11 is 6.28. The molecule has 1 saturated heterocycles. The molecule has 0 spiro atoms. The van der Waals surface area contributed by atoms with Gasteiger partial charge in [-0.25, -0.2) is 8.42 Å². The topological polar surface area (TPSA) is 40.6 Å². The molecule has 24 heavy (non-hydrogen) atoms. The minimum atomic E-state index is -3.23. The van der Waals surface area contributed by atoms with E-state index in [1.54, 1.807) is 19.1 Å². The van der Waals surface area contributed by atoms with Crippen LogP contribution in [0.25, 0.3) is 0 Å². The van der Waals surface area contributed by atoms with E-state index in [2.05, 4.69) is 9.80 Å². The fourth-order valence-electron chi connectivity index (χ4n) is 3.03. The maximum Gasteiger partial charge on any atom is 0.180 e.